The lowest BCUT2D eigenvalue weighted by Gasteiger charge is -2.11. The van der Waals surface area contributed by atoms with Crippen LogP contribution in [0.4, 0.5) is 0 Å². The van der Waals surface area contributed by atoms with Crippen LogP contribution in [0, 0.1) is 6.92 Å². The lowest BCUT2D eigenvalue weighted by Crippen LogP contribution is -2.31. The number of rotatable bonds is 7. The van der Waals surface area contributed by atoms with Crippen LogP contribution in [0.15, 0.2) is 58.4 Å². The number of fused-ring (bicyclic) bond motifs is 1. The van der Waals surface area contributed by atoms with Crippen molar-refractivity contribution in [3.63, 3.8) is 0 Å². The molecule has 10 heteroatoms. The van der Waals surface area contributed by atoms with Crippen LogP contribution in [0.2, 0.25) is 0 Å². The summed E-state index contributed by atoms with van der Waals surface area (Å²) in [5.74, 6) is -0.646. The molecule has 3 heterocycles. The summed E-state index contributed by atoms with van der Waals surface area (Å²) in [5, 5.41) is 0. The summed E-state index contributed by atoms with van der Waals surface area (Å²) in [6, 6.07) is 10.3. The number of nitrogens with one attached hydrogen (secondary N) is 1. The standard InChI is InChI=1S/C22H23N3O6S/c1-15-4-9-20-24-17(11-21(26)25(20)13-15)14-31-22(27)16-5-7-19(8-6-16)32(28,29)23-12-18-3-2-10-30-18/h4-9,11,13,18,23H,2-3,10,12,14H2,1H3/t18-/m0/s1. The van der Waals surface area contributed by atoms with Gasteiger partial charge in [0.2, 0.25) is 10.0 Å². The highest BCUT2D eigenvalue weighted by Gasteiger charge is 2.20. The summed E-state index contributed by atoms with van der Waals surface area (Å²) >= 11 is 0. The number of carbonyl (C=O) groups is 1. The SMILES string of the molecule is Cc1ccc2nc(COC(=O)c3ccc(S(=O)(=O)NC[C@@H]4CCCO4)cc3)cc(=O)n2c1. The molecule has 1 aliphatic heterocycles. The lowest BCUT2D eigenvalue weighted by molar-refractivity contribution is 0.0467. The van der Waals surface area contributed by atoms with Crippen molar-refractivity contribution >= 4 is 21.6 Å². The third kappa shape index (κ3) is 5.04. The lowest BCUT2D eigenvalue weighted by atomic mass is 10.2. The van der Waals surface area contributed by atoms with Gasteiger partial charge in [-0.2, -0.15) is 0 Å². The first-order valence-electron chi connectivity index (χ1n) is 10.2. The zero-order valence-electron chi connectivity index (χ0n) is 17.5. The molecule has 9 nitrogen and oxygen atoms in total. The van der Waals surface area contributed by atoms with E-state index < -0.39 is 16.0 Å². The third-order valence-corrected chi connectivity index (χ3v) is 6.58. The molecule has 0 unspecified atom stereocenters. The Bertz CT molecular complexity index is 1300. The number of ether oxygens (including phenoxy) is 2. The van der Waals surface area contributed by atoms with Gasteiger partial charge in [0.05, 0.1) is 22.3 Å². The minimum Gasteiger partial charge on any atom is -0.456 e. The highest BCUT2D eigenvalue weighted by Crippen LogP contribution is 2.15. The molecule has 4 rings (SSSR count). The van der Waals surface area contributed by atoms with Gasteiger partial charge in [0, 0.05) is 25.4 Å². The number of aryl methyl sites for hydroxylation is 1. The summed E-state index contributed by atoms with van der Waals surface area (Å²) in [4.78, 5) is 29.0. The van der Waals surface area contributed by atoms with Crippen molar-refractivity contribution in [1.29, 1.82) is 0 Å². The zero-order valence-corrected chi connectivity index (χ0v) is 18.3. The van der Waals surface area contributed by atoms with Gasteiger partial charge in [-0.3, -0.25) is 9.20 Å². The molecule has 0 saturated carbocycles. The van der Waals surface area contributed by atoms with Crippen LogP contribution in [0.5, 0.6) is 0 Å². The summed E-state index contributed by atoms with van der Waals surface area (Å²) in [7, 11) is -3.70. The maximum Gasteiger partial charge on any atom is 0.338 e. The van der Waals surface area contributed by atoms with Crippen molar-refractivity contribution in [2.24, 2.45) is 0 Å². The molecule has 1 N–H and O–H groups in total. The first-order valence-corrected chi connectivity index (χ1v) is 11.7. The van der Waals surface area contributed by atoms with E-state index in [-0.39, 0.29) is 35.3 Å². The highest BCUT2D eigenvalue weighted by molar-refractivity contribution is 7.89. The van der Waals surface area contributed by atoms with Crippen molar-refractivity contribution in [3.8, 4) is 0 Å². The number of hydrogen-bond acceptors (Lipinski definition) is 7. The largest absolute Gasteiger partial charge is 0.456 e. The van der Waals surface area contributed by atoms with Gasteiger partial charge in [-0.05, 0) is 55.7 Å². The normalized spacial score (nSPS) is 16.3. The quantitative estimate of drug-likeness (QED) is 0.538. The molecule has 0 spiro atoms. The number of nitrogens with zero attached hydrogens (tertiary/aromatic N) is 2. The Balaban J connectivity index is 1.39. The van der Waals surface area contributed by atoms with E-state index in [9.17, 15) is 18.0 Å². The molecule has 0 aliphatic carbocycles. The second-order valence-corrected chi connectivity index (χ2v) is 9.37. The number of carbonyl (C=O) groups excluding carboxylic acids is 1. The van der Waals surface area contributed by atoms with E-state index in [4.69, 9.17) is 9.47 Å². The minimum absolute atomic E-state index is 0.0477. The molecule has 1 saturated heterocycles. The maximum atomic E-state index is 12.4. The second kappa shape index (κ2) is 9.19. The molecule has 32 heavy (non-hydrogen) atoms. The van der Waals surface area contributed by atoms with Crippen molar-refractivity contribution < 1.29 is 22.7 Å². The van der Waals surface area contributed by atoms with E-state index in [0.29, 0.717) is 17.9 Å². The van der Waals surface area contributed by atoms with Crippen LogP contribution in [0.1, 0.15) is 34.5 Å². The Hall–Kier alpha value is -3.08. The topological polar surface area (TPSA) is 116 Å². The van der Waals surface area contributed by atoms with E-state index in [1.165, 1.54) is 34.7 Å². The summed E-state index contributed by atoms with van der Waals surface area (Å²) in [5.41, 5.74) is 1.63. The molecule has 1 fully saturated rings. The fraction of sp³-hybridized carbons (Fsp3) is 0.318. The average molecular weight is 458 g/mol. The van der Waals surface area contributed by atoms with Crippen molar-refractivity contribution in [1.82, 2.24) is 14.1 Å². The van der Waals surface area contributed by atoms with Gasteiger partial charge in [-0.25, -0.2) is 22.9 Å². The van der Waals surface area contributed by atoms with Crippen molar-refractivity contribution in [2.45, 2.75) is 37.4 Å². The number of benzene rings is 1. The molecule has 168 valence electrons. The van der Waals surface area contributed by atoms with Gasteiger partial charge in [-0.1, -0.05) is 6.07 Å². The predicted octanol–water partition coefficient (Wildman–Crippen LogP) is 1.82. The first kappa shape index (κ1) is 22.1. The molecular formula is C22H23N3O6S. The van der Waals surface area contributed by atoms with E-state index in [0.717, 1.165) is 18.4 Å². The van der Waals surface area contributed by atoms with Crippen LogP contribution < -0.4 is 10.3 Å². The molecule has 3 aromatic rings. The first-order chi connectivity index (χ1) is 15.3. The van der Waals surface area contributed by atoms with Gasteiger partial charge in [0.25, 0.3) is 5.56 Å². The predicted molar refractivity (Wildman–Crippen MR) is 116 cm³/mol. The molecule has 0 bridgehead atoms. The van der Waals surface area contributed by atoms with Gasteiger partial charge in [-0.15, -0.1) is 0 Å². The van der Waals surface area contributed by atoms with Gasteiger partial charge < -0.3 is 9.47 Å². The Morgan fingerprint density at radius 2 is 2.03 bits per heavy atom. The van der Waals surface area contributed by atoms with E-state index in [1.807, 2.05) is 13.0 Å². The maximum absolute atomic E-state index is 12.4. The molecule has 1 aliphatic rings. The minimum atomic E-state index is -3.70. The van der Waals surface area contributed by atoms with Gasteiger partial charge >= 0.3 is 5.97 Å². The Labute approximate surface area is 185 Å². The molecule has 0 radical (unpaired) electrons. The molecule has 1 atom stereocenters. The van der Waals surface area contributed by atoms with Crippen molar-refractivity contribution in [2.75, 3.05) is 13.2 Å². The average Bonchev–Trinajstić information content (AvgIpc) is 3.31. The van der Waals surface area contributed by atoms with Crippen LogP contribution in [-0.2, 0) is 26.1 Å². The number of esters is 1. The summed E-state index contributed by atoms with van der Waals surface area (Å²) in [6.07, 6.45) is 3.32. The van der Waals surface area contributed by atoms with Gasteiger partial charge in [0.15, 0.2) is 0 Å². The fourth-order valence-corrected chi connectivity index (χ4v) is 4.48. The van der Waals surface area contributed by atoms with Crippen LogP contribution >= 0.6 is 0 Å². The fourth-order valence-electron chi connectivity index (χ4n) is 3.42. The smallest absolute Gasteiger partial charge is 0.338 e. The van der Waals surface area contributed by atoms with Crippen LogP contribution in [0.25, 0.3) is 5.65 Å². The molecule has 2 aromatic heterocycles. The number of sulfonamides is 1. The monoisotopic (exact) mass is 457 g/mol. The number of pyridine rings is 1. The summed E-state index contributed by atoms with van der Waals surface area (Å²) < 4.78 is 39.5. The molecule has 1 aromatic carbocycles. The van der Waals surface area contributed by atoms with Crippen LogP contribution in [-0.4, -0.2) is 43.0 Å². The van der Waals surface area contributed by atoms with Crippen molar-refractivity contribution in [3.05, 3.63) is 75.8 Å². The van der Waals surface area contributed by atoms with Gasteiger partial charge in [0.1, 0.15) is 12.3 Å². The van der Waals surface area contributed by atoms with E-state index in [2.05, 4.69) is 9.71 Å². The summed E-state index contributed by atoms with van der Waals surface area (Å²) in [6.45, 7) is 2.55. The second-order valence-electron chi connectivity index (χ2n) is 7.61. The van der Waals surface area contributed by atoms with E-state index >= 15 is 0 Å². The van der Waals surface area contributed by atoms with Crippen LogP contribution in [0.3, 0.4) is 0 Å². The zero-order chi connectivity index (χ0) is 22.7. The number of aromatic nitrogens is 2. The Morgan fingerprint density at radius 3 is 2.75 bits per heavy atom. The third-order valence-electron chi connectivity index (χ3n) is 5.14. The molecule has 0 amide bonds. The highest BCUT2D eigenvalue weighted by atomic mass is 32.2. The molecular weight excluding hydrogens is 434 g/mol. The number of hydrogen-bond donors (Lipinski definition) is 1. The Morgan fingerprint density at radius 1 is 1.25 bits per heavy atom. The Kier molecular flexibility index (Phi) is 6.35. The van der Waals surface area contributed by atoms with E-state index in [1.54, 1.807) is 12.3 Å².